The summed E-state index contributed by atoms with van der Waals surface area (Å²) < 4.78 is 0. The summed E-state index contributed by atoms with van der Waals surface area (Å²) in [7, 11) is 0. The van der Waals surface area contributed by atoms with Crippen LogP contribution in [0.5, 0.6) is 0 Å². The molecule has 0 unspecified atom stereocenters. The van der Waals surface area contributed by atoms with Gasteiger partial charge < -0.3 is 0 Å². The van der Waals surface area contributed by atoms with Crippen LogP contribution < -0.4 is 0 Å². The number of rotatable bonds is 13. The monoisotopic (exact) mass is 494 g/mol. The summed E-state index contributed by atoms with van der Waals surface area (Å²) in [5, 5.41) is 0. The van der Waals surface area contributed by atoms with Gasteiger partial charge in [0.1, 0.15) is 0 Å². The summed E-state index contributed by atoms with van der Waals surface area (Å²) in [6.07, 6.45) is 23.1. The van der Waals surface area contributed by atoms with E-state index in [2.05, 4.69) is 86.1 Å². The second kappa shape index (κ2) is 17.9. The maximum atomic E-state index is 3.33. The van der Waals surface area contributed by atoms with Crippen molar-refractivity contribution in [3.05, 3.63) is 70.8 Å². The molecule has 0 heterocycles. The van der Waals surface area contributed by atoms with E-state index in [0.29, 0.717) is 0 Å². The number of hydrogen-bond donors (Lipinski definition) is 0. The van der Waals surface area contributed by atoms with Crippen molar-refractivity contribution in [1.82, 2.24) is 0 Å². The molecular weight excluding hydrogens is 444 g/mol. The van der Waals surface area contributed by atoms with Crippen molar-refractivity contribution in [1.29, 1.82) is 0 Å². The fourth-order valence-electron chi connectivity index (χ4n) is 5.56. The zero-order valence-electron chi connectivity index (χ0n) is 23.8. The largest absolute Gasteiger partial charge is 0.0979 e. The van der Waals surface area contributed by atoms with Crippen LogP contribution in [0.2, 0.25) is 0 Å². The Kier molecular flexibility index (Phi) is 14.1. The Bertz CT molecular complexity index is 978. The minimum atomic E-state index is 0.935. The minimum absolute atomic E-state index is 0.935. The third-order valence-corrected chi connectivity index (χ3v) is 8.10. The number of unbranched alkanes of at least 4 members (excludes halogenated alkanes) is 8. The first-order valence-electron chi connectivity index (χ1n) is 15.5. The Hall–Kier alpha value is -2.44. The van der Waals surface area contributed by atoms with Crippen LogP contribution in [0.1, 0.15) is 139 Å². The fourth-order valence-corrected chi connectivity index (χ4v) is 5.56. The molecule has 0 atom stereocenters. The van der Waals surface area contributed by atoms with Crippen molar-refractivity contribution in [3.63, 3.8) is 0 Å². The van der Waals surface area contributed by atoms with E-state index in [1.54, 1.807) is 0 Å². The standard InChI is InChI=1S/C37H50/c1-3-5-7-9-11-13-15-33-18-22-35(23-19-33)25-27-37-30-28-36(29-31-37)26-24-34-20-16-32(17-21-34)14-12-10-8-6-4-2/h18-19,22-23,28-32,34H,3-12,14,16-17,20-21,24,26H2,1-2H3/t32-,34-. The van der Waals surface area contributed by atoms with Gasteiger partial charge in [0.25, 0.3) is 0 Å². The van der Waals surface area contributed by atoms with E-state index < -0.39 is 0 Å². The van der Waals surface area contributed by atoms with Gasteiger partial charge in [-0.15, -0.1) is 0 Å². The van der Waals surface area contributed by atoms with E-state index in [0.717, 1.165) is 34.9 Å². The maximum Gasteiger partial charge on any atom is 0.0249 e. The fraction of sp³-hybridized carbons (Fsp3) is 0.568. The first-order chi connectivity index (χ1) is 18.3. The first kappa shape index (κ1) is 29.1. The van der Waals surface area contributed by atoms with Gasteiger partial charge in [-0.25, -0.2) is 0 Å². The van der Waals surface area contributed by atoms with Gasteiger partial charge in [0, 0.05) is 23.1 Å². The van der Waals surface area contributed by atoms with Crippen molar-refractivity contribution in [2.24, 2.45) is 11.8 Å². The predicted octanol–water partition coefficient (Wildman–Crippen LogP) is 10.5. The smallest absolute Gasteiger partial charge is 0.0249 e. The average Bonchev–Trinajstić information content (AvgIpc) is 2.94. The molecule has 1 saturated carbocycles. The lowest BCUT2D eigenvalue weighted by molar-refractivity contribution is 0.248. The molecule has 0 heteroatoms. The van der Waals surface area contributed by atoms with Crippen molar-refractivity contribution in [2.45, 2.75) is 123 Å². The van der Waals surface area contributed by atoms with Crippen LogP contribution in [0, 0.1) is 35.5 Å². The molecule has 0 radical (unpaired) electrons. The van der Waals surface area contributed by atoms with Crippen molar-refractivity contribution < 1.29 is 0 Å². The van der Waals surface area contributed by atoms with E-state index in [1.165, 1.54) is 108 Å². The van der Waals surface area contributed by atoms with E-state index >= 15 is 0 Å². The number of benzene rings is 2. The van der Waals surface area contributed by atoms with Crippen LogP contribution >= 0.6 is 0 Å². The third kappa shape index (κ3) is 12.1. The van der Waals surface area contributed by atoms with Gasteiger partial charge in [-0.3, -0.25) is 0 Å². The van der Waals surface area contributed by atoms with Crippen molar-refractivity contribution >= 4 is 0 Å². The van der Waals surface area contributed by atoms with E-state index in [4.69, 9.17) is 0 Å². The molecule has 0 spiro atoms. The Morgan fingerprint density at radius 2 is 1.03 bits per heavy atom. The zero-order valence-corrected chi connectivity index (χ0v) is 23.8. The molecule has 0 aromatic heterocycles. The molecule has 37 heavy (non-hydrogen) atoms. The summed E-state index contributed by atoms with van der Waals surface area (Å²) in [6, 6.07) is 17.3. The molecule has 0 amide bonds. The molecule has 3 rings (SSSR count). The Labute approximate surface area is 229 Å². The molecule has 1 aliphatic carbocycles. The molecule has 0 nitrogen and oxygen atoms in total. The quantitative estimate of drug-likeness (QED) is 0.192. The molecule has 2 aromatic rings. The second-order valence-electron chi connectivity index (χ2n) is 11.3. The second-order valence-corrected chi connectivity index (χ2v) is 11.3. The Morgan fingerprint density at radius 1 is 0.541 bits per heavy atom. The van der Waals surface area contributed by atoms with Gasteiger partial charge in [0.05, 0.1) is 0 Å². The van der Waals surface area contributed by atoms with Crippen LogP contribution in [0.25, 0.3) is 0 Å². The predicted molar refractivity (Wildman–Crippen MR) is 162 cm³/mol. The third-order valence-electron chi connectivity index (χ3n) is 8.10. The highest BCUT2D eigenvalue weighted by atomic mass is 14.3. The highest BCUT2D eigenvalue weighted by Crippen LogP contribution is 2.34. The maximum absolute atomic E-state index is 3.33. The van der Waals surface area contributed by atoms with Gasteiger partial charge in [-0.05, 0) is 73.1 Å². The molecule has 198 valence electrons. The van der Waals surface area contributed by atoms with Gasteiger partial charge in [-0.2, -0.15) is 0 Å². The number of hydrogen-bond acceptors (Lipinski definition) is 0. The molecule has 0 aliphatic heterocycles. The van der Waals surface area contributed by atoms with E-state index in [1.807, 2.05) is 0 Å². The summed E-state index contributed by atoms with van der Waals surface area (Å²) >= 11 is 0. The minimum Gasteiger partial charge on any atom is -0.0979 e. The van der Waals surface area contributed by atoms with Gasteiger partial charge >= 0.3 is 0 Å². The number of aryl methyl sites for hydroxylation is 1. The van der Waals surface area contributed by atoms with Crippen LogP contribution in [0.3, 0.4) is 0 Å². The van der Waals surface area contributed by atoms with Crippen LogP contribution in [-0.4, -0.2) is 0 Å². The van der Waals surface area contributed by atoms with Crippen LogP contribution in [0.15, 0.2) is 48.5 Å². The van der Waals surface area contributed by atoms with Crippen molar-refractivity contribution in [2.75, 3.05) is 0 Å². The highest BCUT2D eigenvalue weighted by molar-refractivity contribution is 5.46. The SMILES string of the molecule is CCCCCCC#Cc1ccc(C#Cc2ccc(CC[C@H]3CC[C@H](CCCCCCC)CC3)cc2)cc1. The summed E-state index contributed by atoms with van der Waals surface area (Å²) in [5.41, 5.74) is 4.69. The molecule has 0 saturated heterocycles. The molecule has 0 N–H and O–H groups in total. The highest BCUT2D eigenvalue weighted by Gasteiger charge is 2.20. The molecule has 2 aromatic carbocycles. The molecular formula is C37H50. The van der Waals surface area contributed by atoms with Gasteiger partial charge in [0.2, 0.25) is 0 Å². The summed E-state index contributed by atoms with van der Waals surface area (Å²) in [5.74, 6) is 15.2. The first-order valence-corrected chi connectivity index (χ1v) is 15.5. The topological polar surface area (TPSA) is 0 Å². The zero-order chi connectivity index (χ0) is 26.0. The normalized spacial score (nSPS) is 16.9. The summed E-state index contributed by atoms with van der Waals surface area (Å²) in [6.45, 7) is 4.55. The van der Waals surface area contributed by atoms with Crippen LogP contribution in [0.4, 0.5) is 0 Å². The average molecular weight is 495 g/mol. The lowest BCUT2D eigenvalue weighted by Gasteiger charge is -2.28. The van der Waals surface area contributed by atoms with Gasteiger partial charge in [-0.1, -0.05) is 133 Å². The Balaban J connectivity index is 1.35. The van der Waals surface area contributed by atoms with E-state index in [9.17, 15) is 0 Å². The lowest BCUT2D eigenvalue weighted by atomic mass is 9.77. The van der Waals surface area contributed by atoms with Crippen molar-refractivity contribution in [3.8, 4) is 23.7 Å². The molecule has 0 bridgehead atoms. The van der Waals surface area contributed by atoms with E-state index in [-0.39, 0.29) is 0 Å². The lowest BCUT2D eigenvalue weighted by Crippen LogP contribution is -2.15. The van der Waals surface area contributed by atoms with Crippen LogP contribution in [-0.2, 0) is 6.42 Å². The molecule has 1 fully saturated rings. The van der Waals surface area contributed by atoms with Gasteiger partial charge in [0.15, 0.2) is 0 Å². The summed E-state index contributed by atoms with van der Waals surface area (Å²) in [4.78, 5) is 0. The molecule has 1 aliphatic rings. The Morgan fingerprint density at radius 3 is 1.62 bits per heavy atom.